The molecule has 0 fully saturated rings. The van der Waals surface area contributed by atoms with Crippen LogP contribution in [0.1, 0.15) is 52.9 Å². The van der Waals surface area contributed by atoms with Crippen molar-refractivity contribution >= 4 is 0 Å². The van der Waals surface area contributed by atoms with E-state index in [-0.39, 0.29) is 0 Å². The predicted octanol–water partition coefficient (Wildman–Crippen LogP) is 6.33. The zero-order valence-corrected chi connectivity index (χ0v) is 11.8. The monoisotopic (exact) mass is 224 g/mol. The molecule has 0 N–H and O–H groups in total. The van der Waals surface area contributed by atoms with Crippen LogP contribution in [-0.2, 0) is 0 Å². The third-order valence-electron chi connectivity index (χ3n) is 1.25. The van der Waals surface area contributed by atoms with Gasteiger partial charge in [0.2, 0.25) is 0 Å². The van der Waals surface area contributed by atoms with Gasteiger partial charge in [-0.25, -0.2) is 0 Å². The van der Waals surface area contributed by atoms with Crippen molar-refractivity contribution < 1.29 is 0 Å². The van der Waals surface area contributed by atoms with Crippen molar-refractivity contribution in [1.29, 1.82) is 0 Å². The molecule has 0 bridgehead atoms. The lowest BCUT2D eigenvalue weighted by atomic mass is 10.3. The average molecular weight is 224 g/mol. The third kappa shape index (κ3) is 118. The van der Waals surface area contributed by atoms with Gasteiger partial charge in [-0.1, -0.05) is 51.3 Å². The zero-order valence-electron chi connectivity index (χ0n) is 11.8. The van der Waals surface area contributed by atoms with Gasteiger partial charge in [-0.3, -0.25) is 0 Å². The van der Waals surface area contributed by atoms with Crippen LogP contribution < -0.4 is 0 Å². The molecule has 0 aromatic carbocycles. The molecule has 0 aliphatic heterocycles. The molecule has 0 saturated heterocycles. The van der Waals surface area contributed by atoms with Crippen molar-refractivity contribution in [3.05, 3.63) is 51.1 Å². The molecule has 0 heteroatoms. The van der Waals surface area contributed by atoms with E-state index in [1.807, 2.05) is 19.1 Å². The first-order valence-corrected chi connectivity index (χ1v) is 6.03. The van der Waals surface area contributed by atoms with Crippen molar-refractivity contribution in [2.75, 3.05) is 0 Å². The highest BCUT2D eigenvalue weighted by Crippen LogP contribution is 1.91. The molecule has 0 nitrogen and oxygen atoms in total. The first-order valence-electron chi connectivity index (χ1n) is 6.03. The van der Waals surface area contributed by atoms with Crippen LogP contribution in [0.4, 0.5) is 0 Å². The second kappa shape index (κ2) is 48.4. The van der Waals surface area contributed by atoms with E-state index in [0.29, 0.717) is 0 Å². The Kier molecular flexibility index (Phi) is 73.4. The van der Waals surface area contributed by atoms with Crippen LogP contribution in [0.2, 0.25) is 0 Å². The Morgan fingerprint density at radius 3 is 1.25 bits per heavy atom. The normalized spacial score (nSPS) is 6.44. The maximum absolute atomic E-state index is 3.60. The molecule has 0 unspecified atom stereocenters. The first-order chi connectivity index (χ1) is 7.74. The summed E-state index contributed by atoms with van der Waals surface area (Å²) < 4.78 is 0. The standard InChI is InChI=1S/C6H12.C5H10.C3H6.C2H4/c1-3-5-6-4-2;1-3-5-4-2;1-3-2;1-2/h3H,1,4-6H2,2H3;3H,1,4-5H2,2H3;3H,1H2,2H3;1-2H2. The molecule has 0 radical (unpaired) electrons. The van der Waals surface area contributed by atoms with Gasteiger partial charge >= 0.3 is 0 Å². The predicted molar refractivity (Wildman–Crippen MR) is 82.0 cm³/mol. The maximum atomic E-state index is 3.60. The highest BCUT2D eigenvalue weighted by atomic mass is 13.8. The minimum atomic E-state index is 1.15. The smallest absolute Gasteiger partial charge is 0.0354 e. The lowest BCUT2D eigenvalue weighted by Gasteiger charge is -1.81. The molecule has 96 valence electrons. The topological polar surface area (TPSA) is 0 Å². The lowest BCUT2D eigenvalue weighted by Crippen LogP contribution is -1.61. The molecule has 0 rings (SSSR count). The maximum Gasteiger partial charge on any atom is -0.0354 e. The Morgan fingerprint density at radius 2 is 1.19 bits per heavy atom. The van der Waals surface area contributed by atoms with Gasteiger partial charge in [0.05, 0.1) is 0 Å². The second-order valence-electron chi connectivity index (χ2n) is 2.92. The van der Waals surface area contributed by atoms with Gasteiger partial charge in [0.25, 0.3) is 0 Å². The molecule has 0 atom stereocenters. The molecule has 0 aromatic heterocycles. The van der Waals surface area contributed by atoms with E-state index < -0.39 is 0 Å². The number of unbranched alkanes of at least 4 members (excludes halogenated alkanes) is 3. The van der Waals surface area contributed by atoms with Crippen LogP contribution in [0.15, 0.2) is 51.1 Å². The summed E-state index contributed by atoms with van der Waals surface area (Å²) in [5.74, 6) is 0. The fourth-order valence-electron chi connectivity index (χ4n) is 0.553. The van der Waals surface area contributed by atoms with Gasteiger partial charge in [0.15, 0.2) is 0 Å². The van der Waals surface area contributed by atoms with Gasteiger partial charge in [0.1, 0.15) is 0 Å². The van der Waals surface area contributed by atoms with Crippen molar-refractivity contribution in [1.82, 2.24) is 0 Å². The van der Waals surface area contributed by atoms with E-state index in [1.54, 1.807) is 6.08 Å². The molecule has 0 aliphatic rings. The van der Waals surface area contributed by atoms with Crippen LogP contribution in [0.3, 0.4) is 0 Å². The number of rotatable bonds is 5. The summed E-state index contributed by atoms with van der Waals surface area (Å²) in [5, 5.41) is 0. The fraction of sp³-hybridized carbons (Fsp3) is 0.500. The molecule has 16 heavy (non-hydrogen) atoms. The molecular weight excluding hydrogens is 192 g/mol. The Balaban J connectivity index is -0.0000000653. The summed E-state index contributed by atoms with van der Waals surface area (Å²) in [4.78, 5) is 0. The summed E-state index contributed by atoms with van der Waals surface area (Å²) in [5.41, 5.74) is 0. The van der Waals surface area contributed by atoms with Gasteiger partial charge in [0, 0.05) is 0 Å². The third-order valence-corrected chi connectivity index (χ3v) is 1.25. The van der Waals surface area contributed by atoms with Crippen molar-refractivity contribution in [2.45, 2.75) is 52.9 Å². The van der Waals surface area contributed by atoms with E-state index in [2.05, 4.69) is 46.7 Å². The van der Waals surface area contributed by atoms with E-state index in [4.69, 9.17) is 0 Å². The number of hydrogen-bond donors (Lipinski definition) is 0. The summed E-state index contributed by atoms with van der Waals surface area (Å²) in [6.07, 6.45) is 11.8. The highest BCUT2D eigenvalue weighted by Gasteiger charge is 1.71. The van der Waals surface area contributed by atoms with Gasteiger partial charge in [-0.05, 0) is 19.8 Å². The molecule has 0 aromatic rings. The SMILES string of the molecule is C=C.C=CC.C=CCCC.C=CCCCC. The first kappa shape index (κ1) is 24.3. The quantitative estimate of drug-likeness (QED) is 0.378. The van der Waals surface area contributed by atoms with E-state index in [0.717, 1.165) is 6.42 Å². The minimum absolute atomic E-state index is 1.15. The molecule has 0 heterocycles. The van der Waals surface area contributed by atoms with Gasteiger partial charge in [-0.2, -0.15) is 0 Å². The average Bonchev–Trinajstić information content (AvgIpc) is 2.32. The van der Waals surface area contributed by atoms with E-state index >= 15 is 0 Å². The molecule has 0 spiro atoms. The van der Waals surface area contributed by atoms with E-state index in [9.17, 15) is 0 Å². The molecule has 0 amide bonds. The zero-order chi connectivity index (χ0) is 13.7. The second-order valence-corrected chi connectivity index (χ2v) is 2.92. The Hall–Kier alpha value is -1.04. The van der Waals surface area contributed by atoms with Crippen LogP contribution >= 0.6 is 0 Å². The lowest BCUT2D eigenvalue weighted by molar-refractivity contribution is 0.816. The van der Waals surface area contributed by atoms with Crippen LogP contribution in [0.25, 0.3) is 0 Å². The highest BCUT2D eigenvalue weighted by molar-refractivity contribution is 4.64. The van der Waals surface area contributed by atoms with Gasteiger partial charge in [-0.15, -0.1) is 32.9 Å². The van der Waals surface area contributed by atoms with Crippen molar-refractivity contribution in [2.24, 2.45) is 0 Å². The molecule has 0 saturated carbocycles. The molecular formula is C16H32. The van der Waals surface area contributed by atoms with Crippen LogP contribution in [-0.4, -0.2) is 0 Å². The largest absolute Gasteiger partial charge is 0.106 e. The fourth-order valence-corrected chi connectivity index (χ4v) is 0.553. The van der Waals surface area contributed by atoms with Crippen molar-refractivity contribution in [3.8, 4) is 0 Å². The van der Waals surface area contributed by atoms with Crippen molar-refractivity contribution in [3.63, 3.8) is 0 Å². The number of hydrogen-bond acceptors (Lipinski definition) is 0. The number of allylic oxidation sites excluding steroid dienone is 3. The minimum Gasteiger partial charge on any atom is -0.106 e. The Labute approximate surface area is 104 Å². The Morgan fingerprint density at radius 1 is 0.812 bits per heavy atom. The molecule has 0 aliphatic carbocycles. The summed E-state index contributed by atoms with van der Waals surface area (Å²) in [6, 6.07) is 0. The van der Waals surface area contributed by atoms with Gasteiger partial charge < -0.3 is 0 Å². The van der Waals surface area contributed by atoms with E-state index in [1.165, 1.54) is 25.7 Å². The Bertz CT molecular complexity index is 111. The van der Waals surface area contributed by atoms with Crippen LogP contribution in [0, 0.1) is 0 Å². The summed E-state index contributed by atoms with van der Waals surface area (Å²) in [6.45, 7) is 22.7. The summed E-state index contributed by atoms with van der Waals surface area (Å²) in [7, 11) is 0. The summed E-state index contributed by atoms with van der Waals surface area (Å²) >= 11 is 0. The van der Waals surface area contributed by atoms with Crippen LogP contribution in [0.5, 0.6) is 0 Å².